The molecular formula is C52H82N2O14. The highest BCUT2D eigenvalue weighted by Crippen LogP contribution is 2.38. The van der Waals surface area contributed by atoms with Gasteiger partial charge in [0.15, 0.2) is 0 Å². The number of nitrogens with zero attached hydrogens (tertiary/aromatic N) is 2. The lowest BCUT2D eigenvalue weighted by molar-refractivity contribution is -0.265. The van der Waals surface area contributed by atoms with E-state index in [-0.39, 0.29) is 48.5 Å². The molecule has 2 bridgehead atoms. The number of aliphatic hydroxyl groups excluding tert-OH is 3. The monoisotopic (exact) mass is 959 g/mol. The Bertz CT molecular complexity index is 1830. The van der Waals surface area contributed by atoms with Gasteiger partial charge in [-0.05, 0) is 126 Å². The van der Waals surface area contributed by atoms with Gasteiger partial charge in [0.25, 0.3) is 11.7 Å². The number of ether oxygens (including phenoxy) is 4. The average Bonchev–Trinajstić information content (AvgIpc) is 3.30. The number of fused-ring (bicyclic) bond motifs is 3. The summed E-state index contributed by atoms with van der Waals surface area (Å²) in [5.74, 6) is -7.62. The molecule has 0 radical (unpaired) electrons. The van der Waals surface area contributed by atoms with E-state index in [2.05, 4.69) is 5.16 Å². The summed E-state index contributed by atoms with van der Waals surface area (Å²) in [6, 6.07) is -1.06. The molecule has 3 heterocycles. The molecule has 15 atom stereocenters. The molecular weight excluding hydrogens is 877 g/mol. The van der Waals surface area contributed by atoms with Crippen molar-refractivity contribution in [3.8, 4) is 0 Å². The maximum Gasteiger partial charge on any atom is 0.344 e. The Hall–Kier alpha value is -3.77. The Morgan fingerprint density at radius 1 is 0.868 bits per heavy atom. The number of hydrogen-bond acceptors (Lipinski definition) is 14. The van der Waals surface area contributed by atoms with Gasteiger partial charge in [-0.2, -0.15) is 0 Å². The molecule has 3 aliphatic heterocycles. The van der Waals surface area contributed by atoms with Crippen molar-refractivity contribution < 1.29 is 68.5 Å². The number of amides is 1. The van der Waals surface area contributed by atoms with Crippen molar-refractivity contribution >= 4 is 29.3 Å². The zero-order chi connectivity index (χ0) is 50.3. The molecule has 4 aliphatic rings. The Morgan fingerprint density at radius 3 is 2.29 bits per heavy atom. The average molecular weight is 959 g/mol. The number of hydrogen-bond donors (Lipinski definition) is 5. The molecule has 0 aromatic heterocycles. The van der Waals surface area contributed by atoms with Crippen LogP contribution in [0.5, 0.6) is 0 Å². The first-order chi connectivity index (χ1) is 32.2. The van der Waals surface area contributed by atoms with Crippen LogP contribution < -0.4 is 0 Å². The number of Topliss-reactive ketones (excluding diaryl/α,β-unsaturated/α-hetero) is 1. The number of carboxylic acids is 1. The van der Waals surface area contributed by atoms with E-state index in [1.165, 1.54) is 4.90 Å². The zero-order valence-corrected chi connectivity index (χ0v) is 42.0. The van der Waals surface area contributed by atoms with Crippen LogP contribution in [0.4, 0.5) is 0 Å². The first-order valence-electron chi connectivity index (χ1n) is 24.9. The number of carbonyl (C=O) groups excluding carboxylic acids is 3. The molecule has 0 aromatic rings. The van der Waals surface area contributed by atoms with E-state index in [9.17, 15) is 44.7 Å². The van der Waals surface area contributed by atoms with Crippen LogP contribution in [0, 0.1) is 35.5 Å². The molecule has 0 aromatic carbocycles. The minimum Gasteiger partial charge on any atom is -0.479 e. The number of aliphatic carboxylic acids is 1. The van der Waals surface area contributed by atoms with Crippen LogP contribution in [0.2, 0.25) is 0 Å². The van der Waals surface area contributed by atoms with E-state index in [1.54, 1.807) is 28.1 Å². The summed E-state index contributed by atoms with van der Waals surface area (Å²) in [4.78, 5) is 60.5. The first-order valence-corrected chi connectivity index (χ1v) is 24.9. The number of aliphatic hydroxyl groups is 4. The van der Waals surface area contributed by atoms with Gasteiger partial charge in [0.2, 0.25) is 12.4 Å². The molecule has 1 aliphatic carbocycles. The lowest BCUT2D eigenvalue weighted by Crippen LogP contribution is -2.61. The van der Waals surface area contributed by atoms with Gasteiger partial charge < -0.3 is 54.2 Å². The summed E-state index contributed by atoms with van der Waals surface area (Å²) in [5, 5.41) is 58.8. The van der Waals surface area contributed by atoms with Crippen LogP contribution in [0.15, 0.2) is 52.8 Å². The normalized spacial score (nSPS) is 39.6. The Morgan fingerprint density at radius 2 is 1.60 bits per heavy atom. The van der Waals surface area contributed by atoms with Crippen LogP contribution in [0.1, 0.15) is 132 Å². The fourth-order valence-corrected chi connectivity index (χ4v) is 10.4. The summed E-state index contributed by atoms with van der Waals surface area (Å²) >= 11 is 0. The van der Waals surface area contributed by atoms with Crippen LogP contribution >= 0.6 is 0 Å². The van der Waals surface area contributed by atoms with Crippen molar-refractivity contribution in [1.29, 1.82) is 0 Å². The number of oxime groups is 1. The van der Waals surface area contributed by atoms with Crippen LogP contribution in [-0.2, 0) is 43.0 Å². The Labute approximate surface area is 403 Å². The van der Waals surface area contributed by atoms with Gasteiger partial charge in [-0.3, -0.25) is 9.59 Å². The molecule has 384 valence electrons. The van der Waals surface area contributed by atoms with Gasteiger partial charge in [-0.25, -0.2) is 9.59 Å². The van der Waals surface area contributed by atoms with Gasteiger partial charge in [0.05, 0.1) is 30.1 Å². The first kappa shape index (κ1) is 56.8. The van der Waals surface area contributed by atoms with Gasteiger partial charge in [0.1, 0.15) is 24.4 Å². The lowest BCUT2D eigenvalue weighted by Gasteiger charge is -2.42. The van der Waals surface area contributed by atoms with Crippen molar-refractivity contribution in [2.24, 2.45) is 40.7 Å². The Kier molecular flexibility index (Phi) is 22.6. The smallest absolute Gasteiger partial charge is 0.344 e. The maximum absolute atomic E-state index is 14.4. The summed E-state index contributed by atoms with van der Waals surface area (Å²) in [5.41, 5.74) is 1.44. The minimum atomic E-state index is -2.41. The van der Waals surface area contributed by atoms with E-state index in [0.717, 1.165) is 12.0 Å². The van der Waals surface area contributed by atoms with Crippen LogP contribution in [0.25, 0.3) is 0 Å². The number of piperidine rings is 1. The van der Waals surface area contributed by atoms with Crippen LogP contribution in [-0.4, -0.2) is 142 Å². The molecule has 1 amide bonds. The van der Waals surface area contributed by atoms with E-state index < -0.39 is 90.5 Å². The van der Waals surface area contributed by atoms with E-state index in [1.807, 2.05) is 71.1 Å². The summed E-state index contributed by atoms with van der Waals surface area (Å²) in [6.45, 7) is 12.5. The quantitative estimate of drug-likeness (QED) is 0.0786. The molecule has 1 saturated carbocycles. The highest BCUT2D eigenvalue weighted by atomic mass is 16.6. The van der Waals surface area contributed by atoms with Gasteiger partial charge in [-0.1, -0.05) is 76.2 Å². The van der Waals surface area contributed by atoms with Crippen molar-refractivity contribution in [3.05, 3.63) is 47.6 Å². The predicted molar refractivity (Wildman–Crippen MR) is 256 cm³/mol. The fraction of sp³-hybridized carbons (Fsp3) is 0.750. The Balaban J connectivity index is 1.70. The standard InChI is InChI=1S/C52H82N2O14/c1-31-15-11-10-12-16-33(3)43(64-8)29-39-21-19-37(7)52(63,68-39)49(60)50(61)54-24-14-13-17-40(54)51(62)67-42(34(4)27-38-20-22-41(55)44(28-38)65-9)23-18-32(2)26-36(6)47(58)48(59)46(35(5)25-31)53-66-30-45(56)57/h10-12,15-16,26,31-32,34-35,37-44,47-48,55,58-59,63H,13-14,17-25,27-30H2,1-9H3,(H,56,57)/b12-10+,15-11+,33-16+,36-26+,53-46-/t31-,32+,34-,35-,37-,38+,39+,40+,41-,42+,43+,44-,47-,48+,52-/m1/s1. The number of allylic oxidation sites excluding steroid dienone is 6. The van der Waals surface area contributed by atoms with E-state index in [4.69, 9.17) is 23.8 Å². The second-order valence-corrected chi connectivity index (χ2v) is 20.3. The van der Waals surface area contributed by atoms with Crippen molar-refractivity contribution in [2.75, 3.05) is 27.4 Å². The molecule has 5 N–H and O–H groups in total. The summed E-state index contributed by atoms with van der Waals surface area (Å²) in [7, 11) is 3.16. The third-order valence-corrected chi connectivity index (χ3v) is 14.7. The second kappa shape index (κ2) is 27.0. The SMILES string of the molecule is CO[C@H]1C[C@@H]2CC[C@@H](C)[C@@](O)(O2)C(=O)C(=O)N2CCCC[C@H]2C(=O)O[C@H]([C@H](C)C[C@@H]2CC[C@@H](O)[C@H](OC)C2)CC[C@H](C)/C=C(\C)[C@@H](O)[C@@H](O)/C(=N\OCC(=O)O)[C@H](C)C[C@H](C)/C=C/C=C/C=C/1C. The van der Waals surface area contributed by atoms with Gasteiger partial charge in [-0.15, -0.1) is 0 Å². The van der Waals surface area contributed by atoms with Crippen LogP contribution in [0.3, 0.4) is 0 Å². The molecule has 0 spiro atoms. The maximum atomic E-state index is 14.4. The molecule has 0 unspecified atom stereocenters. The van der Waals surface area contributed by atoms with Crippen molar-refractivity contribution in [1.82, 2.24) is 4.90 Å². The number of methoxy groups -OCH3 is 2. The molecule has 3 fully saturated rings. The van der Waals surface area contributed by atoms with Gasteiger partial charge >= 0.3 is 11.9 Å². The predicted octanol–water partition coefficient (Wildman–Crippen LogP) is 6.24. The van der Waals surface area contributed by atoms with Gasteiger partial charge in [0, 0.05) is 39.0 Å². The highest BCUT2D eigenvalue weighted by Gasteiger charge is 2.53. The van der Waals surface area contributed by atoms with E-state index in [0.29, 0.717) is 76.2 Å². The number of rotatable bonds is 8. The fourth-order valence-electron chi connectivity index (χ4n) is 10.4. The third kappa shape index (κ3) is 15.9. The number of esters is 1. The molecule has 68 heavy (non-hydrogen) atoms. The zero-order valence-electron chi connectivity index (χ0n) is 42.0. The molecule has 4 rings (SSSR count). The molecule has 2 saturated heterocycles. The second-order valence-electron chi connectivity index (χ2n) is 20.3. The van der Waals surface area contributed by atoms with Crippen molar-refractivity contribution in [3.63, 3.8) is 0 Å². The molecule has 16 nitrogen and oxygen atoms in total. The number of cyclic esters (lactones) is 1. The summed E-state index contributed by atoms with van der Waals surface area (Å²) in [6.07, 6.45) is 12.8. The number of carboxylic acid groups (broad SMARTS) is 1. The highest BCUT2D eigenvalue weighted by molar-refractivity contribution is 6.39. The van der Waals surface area contributed by atoms with E-state index >= 15 is 0 Å². The lowest BCUT2D eigenvalue weighted by atomic mass is 9.78. The minimum absolute atomic E-state index is 0.0244. The number of ketones is 1. The third-order valence-electron chi connectivity index (χ3n) is 14.7. The van der Waals surface area contributed by atoms with Crippen molar-refractivity contribution in [2.45, 2.75) is 186 Å². The summed E-state index contributed by atoms with van der Waals surface area (Å²) < 4.78 is 24.0. The molecule has 16 heteroatoms. The largest absolute Gasteiger partial charge is 0.479 e. The number of carbonyl (C=O) groups is 4. The topological polar surface area (TPSA) is 231 Å².